The van der Waals surface area contributed by atoms with Crippen LogP contribution in [0.2, 0.25) is 0 Å². The maximum absolute atomic E-state index is 12.9. The van der Waals surface area contributed by atoms with E-state index in [0.717, 1.165) is 29.1 Å². The Balaban J connectivity index is 1.20. The van der Waals surface area contributed by atoms with Gasteiger partial charge in [0.15, 0.2) is 5.82 Å². The van der Waals surface area contributed by atoms with E-state index in [0.29, 0.717) is 31.0 Å². The Kier molecular flexibility index (Phi) is 7.11. The van der Waals surface area contributed by atoms with Crippen LogP contribution in [-0.4, -0.2) is 66.8 Å². The summed E-state index contributed by atoms with van der Waals surface area (Å²) in [5, 5.41) is 6.53. The molecule has 0 aliphatic carbocycles. The van der Waals surface area contributed by atoms with Gasteiger partial charge in [-0.25, -0.2) is 19.7 Å². The van der Waals surface area contributed by atoms with E-state index in [4.69, 9.17) is 9.72 Å². The van der Waals surface area contributed by atoms with Crippen LogP contribution < -0.4 is 14.7 Å². The third-order valence-electron chi connectivity index (χ3n) is 7.70. The van der Waals surface area contributed by atoms with Gasteiger partial charge < -0.3 is 15.0 Å². The van der Waals surface area contributed by atoms with E-state index in [1.54, 1.807) is 12.7 Å². The Bertz CT molecular complexity index is 1810. The second-order valence-corrected chi connectivity index (χ2v) is 12.7. The highest BCUT2D eigenvalue weighted by Gasteiger charge is 2.39. The molecular formula is C32H38N9O2+. The quantitative estimate of drug-likeness (QED) is 0.280. The fourth-order valence-electron chi connectivity index (χ4n) is 5.54. The van der Waals surface area contributed by atoms with E-state index in [9.17, 15) is 4.79 Å². The van der Waals surface area contributed by atoms with Gasteiger partial charge in [-0.2, -0.15) is 5.10 Å². The first-order chi connectivity index (χ1) is 20.4. The van der Waals surface area contributed by atoms with E-state index in [1.807, 2.05) is 48.5 Å². The number of hydrogen-bond donors (Lipinski definition) is 2. The van der Waals surface area contributed by atoms with Crippen molar-refractivity contribution in [3.8, 4) is 0 Å². The molecule has 1 aromatic carbocycles. The van der Waals surface area contributed by atoms with Crippen LogP contribution in [0.25, 0.3) is 16.7 Å². The molecule has 0 atom stereocenters. The Morgan fingerprint density at radius 1 is 1.09 bits per heavy atom. The van der Waals surface area contributed by atoms with Gasteiger partial charge in [0.2, 0.25) is 6.33 Å². The van der Waals surface area contributed by atoms with Crippen molar-refractivity contribution >= 4 is 40.1 Å². The number of pyridine rings is 2. The van der Waals surface area contributed by atoms with Gasteiger partial charge in [-0.05, 0) is 100.0 Å². The molecule has 4 aromatic heterocycles. The van der Waals surface area contributed by atoms with Crippen LogP contribution in [0.5, 0.6) is 0 Å². The van der Waals surface area contributed by atoms with Crippen LogP contribution in [0.15, 0.2) is 61.3 Å². The van der Waals surface area contributed by atoms with Gasteiger partial charge in [-0.15, -0.1) is 4.52 Å². The number of aryl methyl sites for hydroxylation is 1. The fourth-order valence-corrected chi connectivity index (χ4v) is 5.54. The first-order valence-electron chi connectivity index (χ1n) is 14.5. The summed E-state index contributed by atoms with van der Waals surface area (Å²) in [6, 6.07) is 14.5. The number of anilines is 3. The number of piperazine rings is 1. The number of benzene rings is 1. The summed E-state index contributed by atoms with van der Waals surface area (Å²) in [5.74, 6) is 1.47. The molecule has 1 amide bonds. The van der Waals surface area contributed by atoms with Crippen molar-refractivity contribution in [2.75, 3.05) is 29.9 Å². The van der Waals surface area contributed by atoms with Crippen LogP contribution in [0.3, 0.4) is 0 Å². The number of aromatic nitrogens is 6. The number of fused-ring (bicyclic) bond motifs is 2. The Labute approximate surface area is 250 Å². The summed E-state index contributed by atoms with van der Waals surface area (Å²) >= 11 is 0. The number of nitrogens with one attached hydrogen (secondary N) is 2. The second-order valence-electron chi connectivity index (χ2n) is 12.7. The molecule has 0 unspecified atom stereocenters. The molecule has 11 nitrogen and oxygen atoms in total. The average Bonchev–Trinajstić information content (AvgIpc) is 3.41. The van der Waals surface area contributed by atoms with E-state index >= 15 is 0 Å². The maximum Gasteiger partial charge on any atom is 0.410 e. The summed E-state index contributed by atoms with van der Waals surface area (Å²) in [4.78, 5) is 35.2. The van der Waals surface area contributed by atoms with Crippen molar-refractivity contribution in [1.82, 2.24) is 29.9 Å². The minimum absolute atomic E-state index is 0.289. The number of H-pyrrole nitrogens is 1. The van der Waals surface area contributed by atoms with Crippen LogP contribution >= 0.6 is 0 Å². The minimum Gasteiger partial charge on any atom is -0.444 e. The average molecular weight is 581 g/mol. The molecule has 222 valence electrons. The van der Waals surface area contributed by atoms with Gasteiger partial charge in [-0.3, -0.25) is 4.90 Å². The molecule has 11 heteroatoms. The van der Waals surface area contributed by atoms with Gasteiger partial charge >= 0.3 is 11.7 Å². The molecule has 6 rings (SSSR count). The normalized spacial score (nSPS) is 15.2. The predicted octanol–water partition coefficient (Wildman–Crippen LogP) is 4.97. The molecule has 5 heterocycles. The second kappa shape index (κ2) is 10.8. The largest absolute Gasteiger partial charge is 0.444 e. The lowest BCUT2D eigenvalue weighted by molar-refractivity contribution is -0.577. The van der Waals surface area contributed by atoms with E-state index < -0.39 is 11.1 Å². The van der Waals surface area contributed by atoms with Crippen molar-refractivity contribution < 1.29 is 14.0 Å². The van der Waals surface area contributed by atoms with E-state index in [2.05, 4.69) is 81.4 Å². The molecule has 1 fully saturated rings. The third kappa shape index (κ3) is 6.06. The first kappa shape index (κ1) is 28.3. The number of nitrogens with zero attached hydrogens (tertiary/aromatic N) is 7. The zero-order chi connectivity index (χ0) is 30.4. The molecule has 1 saturated heterocycles. The number of carbonyl (C=O) groups is 1. The van der Waals surface area contributed by atoms with Gasteiger partial charge in [0.25, 0.3) is 0 Å². The van der Waals surface area contributed by atoms with E-state index in [1.165, 1.54) is 16.7 Å². The molecule has 43 heavy (non-hydrogen) atoms. The SMILES string of the molecule is Cc1cc(Nc2ncnc3ccc(N4CCN(C(=O)OC(C)(C)C)C(C)(C)C4)nc23)ccc1Cc1cc[n+]2[nH]cnc2c1. The first-order valence-corrected chi connectivity index (χ1v) is 14.5. The topological polar surface area (TPSA) is 116 Å². The highest BCUT2D eigenvalue weighted by Crippen LogP contribution is 2.30. The molecule has 0 spiro atoms. The number of hydrogen-bond acceptors (Lipinski definition) is 8. The molecule has 5 aromatic rings. The van der Waals surface area contributed by atoms with Crippen molar-refractivity contribution in [3.63, 3.8) is 0 Å². The molecular weight excluding hydrogens is 542 g/mol. The van der Waals surface area contributed by atoms with Gasteiger partial charge in [0.05, 0.1) is 11.1 Å². The molecule has 1 aliphatic rings. The predicted molar refractivity (Wildman–Crippen MR) is 166 cm³/mol. The van der Waals surface area contributed by atoms with Gasteiger partial charge in [0, 0.05) is 31.4 Å². The number of ether oxygens (including phenoxy) is 1. The van der Waals surface area contributed by atoms with Crippen molar-refractivity contribution in [2.45, 2.75) is 59.1 Å². The van der Waals surface area contributed by atoms with Crippen LogP contribution in [0.4, 0.5) is 22.1 Å². The van der Waals surface area contributed by atoms with Crippen LogP contribution in [0, 0.1) is 6.92 Å². The monoisotopic (exact) mass is 580 g/mol. The number of amides is 1. The summed E-state index contributed by atoms with van der Waals surface area (Å²) in [7, 11) is 0. The van der Waals surface area contributed by atoms with Crippen molar-refractivity contribution in [2.24, 2.45) is 0 Å². The summed E-state index contributed by atoms with van der Waals surface area (Å²) in [6.07, 6.45) is 5.76. The Hall–Kier alpha value is -4.80. The summed E-state index contributed by atoms with van der Waals surface area (Å²) in [6.45, 7) is 13.7. The smallest absolute Gasteiger partial charge is 0.410 e. The summed E-state index contributed by atoms with van der Waals surface area (Å²) in [5.41, 5.74) is 5.91. The molecule has 0 saturated carbocycles. The minimum atomic E-state index is -0.541. The van der Waals surface area contributed by atoms with Gasteiger partial charge in [-0.1, -0.05) is 6.07 Å². The molecule has 1 aliphatic heterocycles. The number of carbonyl (C=O) groups excluding carboxylic acids is 1. The summed E-state index contributed by atoms with van der Waals surface area (Å²) < 4.78 is 7.55. The van der Waals surface area contributed by atoms with E-state index in [-0.39, 0.29) is 6.09 Å². The number of aromatic amines is 1. The molecule has 2 N–H and O–H groups in total. The van der Waals surface area contributed by atoms with Gasteiger partial charge in [0.1, 0.15) is 29.5 Å². The lowest BCUT2D eigenvalue weighted by Crippen LogP contribution is -2.62. The number of rotatable bonds is 5. The Morgan fingerprint density at radius 2 is 1.93 bits per heavy atom. The molecule has 0 bridgehead atoms. The Morgan fingerprint density at radius 3 is 2.70 bits per heavy atom. The standard InChI is InChI=1S/C32H37N9O2/c1-21-15-24(8-7-23(21)16-22-11-12-41-27(17-22)34-20-36-41)37-29-28-25(33-19-35-29)9-10-26(38-28)39-13-14-40(32(5,6)18-39)30(42)43-31(2,3)4/h7-12,15,17,19-20H,13-14,16,18H2,1-6H3,(H,33,35,37)/p+1. The van der Waals surface area contributed by atoms with Crippen molar-refractivity contribution in [3.05, 3.63) is 78.0 Å². The van der Waals surface area contributed by atoms with Crippen LogP contribution in [-0.2, 0) is 11.2 Å². The third-order valence-corrected chi connectivity index (χ3v) is 7.70. The maximum atomic E-state index is 12.9. The highest BCUT2D eigenvalue weighted by molar-refractivity contribution is 5.88. The zero-order valence-corrected chi connectivity index (χ0v) is 25.5. The van der Waals surface area contributed by atoms with Crippen LogP contribution in [0.1, 0.15) is 51.3 Å². The lowest BCUT2D eigenvalue weighted by Gasteiger charge is -2.47. The fraction of sp³-hybridized carbons (Fsp3) is 0.375. The molecule has 0 radical (unpaired) electrons. The zero-order valence-electron chi connectivity index (χ0n) is 25.5. The van der Waals surface area contributed by atoms with Crippen molar-refractivity contribution in [1.29, 1.82) is 0 Å². The highest BCUT2D eigenvalue weighted by atomic mass is 16.6. The lowest BCUT2D eigenvalue weighted by atomic mass is 9.99.